The minimum absolute atomic E-state index is 0.0645. The highest BCUT2D eigenvalue weighted by Gasteiger charge is 2.38. The number of aromatic nitrogens is 1. The Morgan fingerprint density at radius 2 is 1.87 bits per heavy atom. The fourth-order valence-electron chi connectivity index (χ4n) is 6.05. The maximum absolute atomic E-state index is 13.7. The molecule has 214 valence electrons. The van der Waals surface area contributed by atoms with Crippen LogP contribution in [-0.2, 0) is 20.9 Å². The fourth-order valence-corrected chi connectivity index (χ4v) is 6.05. The number of hydroxylamine groups is 2. The second-order valence-electron chi connectivity index (χ2n) is 12.5. The van der Waals surface area contributed by atoms with Crippen LogP contribution in [0.2, 0.25) is 0 Å². The van der Waals surface area contributed by atoms with Gasteiger partial charge < -0.3 is 20.5 Å². The van der Waals surface area contributed by atoms with E-state index in [4.69, 9.17) is 0 Å². The molecule has 0 spiro atoms. The van der Waals surface area contributed by atoms with E-state index in [9.17, 15) is 19.6 Å². The van der Waals surface area contributed by atoms with Crippen LogP contribution in [0, 0.1) is 17.3 Å². The standard InChI is InChI=1S/C30H45N5O4/c1-30(2,3)27(33-28(37)24(19-35(39)20-36)16-21-6-4-5-7-21)29(38)34-14-11-25(12-15-34)32-18-22-8-9-26-23(17-22)10-13-31-26/h8-10,13,17,20-21,24-25,27,31-32,39H,4-7,11-12,14-16,18-19H2,1-3H3,(H,33,37)/t24-,27-/m1/s1. The van der Waals surface area contributed by atoms with Gasteiger partial charge in [-0.25, -0.2) is 5.06 Å². The van der Waals surface area contributed by atoms with Crippen LogP contribution in [-0.4, -0.2) is 70.1 Å². The first-order chi connectivity index (χ1) is 18.6. The zero-order valence-electron chi connectivity index (χ0n) is 23.6. The fraction of sp³-hybridized carbons (Fsp3) is 0.633. The Balaban J connectivity index is 1.32. The number of carbonyl (C=O) groups is 3. The van der Waals surface area contributed by atoms with Crippen LogP contribution in [0.3, 0.4) is 0 Å². The molecule has 0 bridgehead atoms. The summed E-state index contributed by atoms with van der Waals surface area (Å²) in [6.07, 6.45) is 9.00. The van der Waals surface area contributed by atoms with Crippen LogP contribution in [0.5, 0.6) is 0 Å². The highest BCUT2D eigenvalue weighted by atomic mass is 16.5. The summed E-state index contributed by atoms with van der Waals surface area (Å²) in [5.74, 6) is -0.488. The molecule has 39 heavy (non-hydrogen) atoms. The van der Waals surface area contributed by atoms with Crippen LogP contribution in [0.4, 0.5) is 0 Å². The smallest absolute Gasteiger partial charge is 0.245 e. The number of rotatable bonds is 11. The van der Waals surface area contributed by atoms with E-state index in [-0.39, 0.29) is 18.4 Å². The molecule has 1 aliphatic heterocycles. The van der Waals surface area contributed by atoms with Crippen molar-refractivity contribution in [2.24, 2.45) is 17.3 Å². The van der Waals surface area contributed by atoms with Crippen molar-refractivity contribution < 1.29 is 19.6 Å². The lowest BCUT2D eigenvalue weighted by Crippen LogP contribution is -2.58. The SMILES string of the molecule is CC(C)(C)[C@H](NC(=O)[C@H](CC1CCCC1)CN(O)C=O)C(=O)N1CCC(NCc2ccc3[nH]ccc3c2)CC1. The van der Waals surface area contributed by atoms with Gasteiger partial charge in [0.25, 0.3) is 0 Å². The predicted octanol–water partition coefficient (Wildman–Crippen LogP) is 3.82. The van der Waals surface area contributed by atoms with E-state index in [0.29, 0.717) is 42.9 Å². The van der Waals surface area contributed by atoms with Crippen molar-refractivity contribution in [1.82, 2.24) is 25.6 Å². The molecule has 1 saturated carbocycles. The number of piperidine rings is 1. The third-order valence-electron chi connectivity index (χ3n) is 8.41. The lowest BCUT2D eigenvalue weighted by Gasteiger charge is -2.39. The van der Waals surface area contributed by atoms with Crippen molar-refractivity contribution in [1.29, 1.82) is 0 Å². The molecule has 9 nitrogen and oxygen atoms in total. The van der Waals surface area contributed by atoms with E-state index >= 15 is 0 Å². The second kappa shape index (κ2) is 13.0. The topological polar surface area (TPSA) is 118 Å². The molecule has 3 amide bonds. The highest BCUT2D eigenvalue weighted by Crippen LogP contribution is 2.31. The van der Waals surface area contributed by atoms with Gasteiger partial charge in [0.15, 0.2) is 0 Å². The van der Waals surface area contributed by atoms with Crippen molar-refractivity contribution in [2.75, 3.05) is 19.6 Å². The average Bonchev–Trinajstić information content (AvgIpc) is 3.61. The van der Waals surface area contributed by atoms with Crippen LogP contribution in [0.25, 0.3) is 10.9 Å². The van der Waals surface area contributed by atoms with Crippen molar-refractivity contribution >= 4 is 29.1 Å². The van der Waals surface area contributed by atoms with E-state index in [2.05, 4.69) is 39.9 Å². The van der Waals surface area contributed by atoms with Gasteiger partial charge in [-0.1, -0.05) is 52.5 Å². The van der Waals surface area contributed by atoms with Crippen molar-refractivity contribution in [3.05, 3.63) is 36.0 Å². The summed E-state index contributed by atoms with van der Waals surface area (Å²) in [5.41, 5.74) is 1.88. The minimum Gasteiger partial charge on any atom is -0.361 e. The van der Waals surface area contributed by atoms with Gasteiger partial charge in [0, 0.05) is 37.4 Å². The summed E-state index contributed by atoms with van der Waals surface area (Å²) in [4.78, 5) is 43.3. The zero-order chi connectivity index (χ0) is 28.0. The van der Waals surface area contributed by atoms with Gasteiger partial charge in [-0.05, 0) is 59.7 Å². The van der Waals surface area contributed by atoms with E-state index in [1.165, 1.54) is 10.9 Å². The van der Waals surface area contributed by atoms with Gasteiger partial charge >= 0.3 is 0 Å². The number of fused-ring (bicyclic) bond motifs is 1. The predicted molar refractivity (Wildman–Crippen MR) is 151 cm³/mol. The summed E-state index contributed by atoms with van der Waals surface area (Å²) in [6.45, 7) is 7.87. The Morgan fingerprint density at radius 3 is 2.54 bits per heavy atom. The maximum atomic E-state index is 13.7. The number of nitrogens with zero attached hydrogens (tertiary/aromatic N) is 2. The summed E-state index contributed by atoms with van der Waals surface area (Å²) < 4.78 is 0. The first-order valence-corrected chi connectivity index (χ1v) is 14.4. The molecular formula is C30H45N5O4. The lowest BCUT2D eigenvalue weighted by atomic mass is 9.84. The maximum Gasteiger partial charge on any atom is 0.245 e. The molecule has 1 saturated heterocycles. The van der Waals surface area contributed by atoms with Crippen LogP contribution < -0.4 is 10.6 Å². The molecule has 2 aromatic rings. The van der Waals surface area contributed by atoms with E-state index in [0.717, 1.165) is 50.6 Å². The number of benzene rings is 1. The Bertz CT molecular complexity index is 1110. The van der Waals surface area contributed by atoms with Gasteiger partial charge in [0.05, 0.1) is 12.5 Å². The Kier molecular flexibility index (Phi) is 9.67. The van der Waals surface area contributed by atoms with Gasteiger partial charge in [-0.2, -0.15) is 0 Å². The van der Waals surface area contributed by atoms with Crippen molar-refractivity contribution in [3.63, 3.8) is 0 Å². The summed E-state index contributed by atoms with van der Waals surface area (Å²) in [6, 6.07) is 8.15. The molecule has 2 atom stereocenters. The highest BCUT2D eigenvalue weighted by molar-refractivity contribution is 5.89. The molecule has 2 aliphatic rings. The third kappa shape index (κ3) is 7.82. The zero-order valence-corrected chi connectivity index (χ0v) is 23.6. The summed E-state index contributed by atoms with van der Waals surface area (Å²) in [5, 5.41) is 18.3. The molecule has 1 aromatic carbocycles. The van der Waals surface area contributed by atoms with E-state index in [1.54, 1.807) is 0 Å². The number of aromatic amines is 1. The number of carbonyl (C=O) groups excluding carboxylic acids is 3. The van der Waals surface area contributed by atoms with E-state index in [1.807, 2.05) is 31.9 Å². The Labute approximate surface area is 231 Å². The van der Waals surface area contributed by atoms with Crippen molar-refractivity contribution in [3.8, 4) is 0 Å². The number of nitrogens with one attached hydrogen (secondary N) is 3. The Morgan fingerprint density at radius 1 is 1.15 bits per heavy atom. The van der Waals surface area contributed by atoms with Gasteiger partial charge in [0.2, 0.25) is 18.2 Å². The Hall–Kier alpha value is -2.91. The van der Waals surface area contributed by atoms with Crippen LogP contribution >= 0.6 is 0 Å². The second-order valence-corrected chi connectivity index (χ2v) is 12.5. The monoisotopic (exact) mass is 539 g/mol. The van der Waals surface area contributed by atoms with Crippen LogP contribution in [0.15, 0.2) is 30.5 Å². The lowest BCUT2D eigenvalue weighted by molar-refractivity contribution is -0.156. The molecule has 1 aliphatic carbocycles. The molecule has 4 N–H and O–H groups in total. The molecule has 0 unspecified atom stereocenters. The molecule has 9 heteroatoms. The molecule has 0 radical (unpaired) electrons. The van der Waals surface area contributed by atoms with Crippen molar-refractivity contribution in [2.45, 2.75) is 84.3 Å². The molecule has 1 aromatic heterocycles. The summed E-state index contributed by atoms with van der Waals surface area (Å²) >= 11 is 0. The average molecular weight is 540 g/mol. The van der Waals surface area contributed by atoms with E-state index < -0.39 is 17.4 Å². The minimum atomic E-state index is -0.683. The molecule has 4 rings (SSSR count). The quantitative estimate of drug-likeness (QED) is 0.197. The first kappa shape index (κ1) is 29.1. The number of hydrogen-bond donors (Lipinski definition) is 4. The third-order valence-corrected chi connectivity index (χ3v) is 8.41. The normalized spacial score (nSPS) is 18.7. The summed E-state index contributed by atoms with van der Waals surface area (Å²) in [7, 11) is 0. The molecular weight excluding hydrogens is 494 g/mol. The van der Waals surface area contributed by atoms with Gasteiger partial charge in [-0.3, -0.25) is 19.6 Å². The number of H-pyrrole nitrogens is 1. The number of hydrogen-bond acceptors (Lipinski definition) is 5. The molecule has 2 heterocycles. The van der Waals surface area contributed by atoms with Gasteiger partial charge in [-0.15, -0.1) is 0 Å². The number of amides is 3. The number of likely N-dealkylation sites (tertiary alicyclic amines) is 1. The van der Waals surface area contributed by atoms with Gasteiger partial charge in [0.1, 0.15) is 6.04 Å². The largest absolute Gasteiger partial charge is 0.361 e. The molecule has 2 fully saturated rings. The first-order valence-electron chi connectivity index (χ1n) is 14.4. The van der Waals surface area contributed by atoms with Crippen LogP contribution in [0.1, 0.15) is 71.3 Å².